The molecule has 0 fully saturated rings. The first-order valence-corrected chi connectivity index (χ1v) is 8.37. The minimum absolute atomic E-state index is 0.000875. The molecule has 0 atom stereocenters. The van der Waals surface area contributed by atoms with Crippen LogP contribution in [0.15, 0.2) is 47.3 Å². The molecule has 2 N–H and O–H groups in total. The first kappa shape index (κ1) is 16.9. The summed E-state index contributed by atoms with van der Waals surface area (Å²) in [5.74, 6) is -1.76. The molecule has 0 aliphatic heterocycles. The summed E-state index contributed by atoms with van der Waals surface area (Å²) in [6.07, 6.45) is 0. The van der Waals surface area contributed by atoms with Crippen LogP contribution >= 0.6 is 11.3 Å². The predicted molar refractivity (Wildman–Crippen MR) is 98.9 cm³/mol. The molecule has 1 amide bonds. The Labute approximate surface area is 147 Å². The number of carbonyl (C=O) groups excluding carboxylic acids is 1. The molecule has 0 unspecified atom stereocenters. The molecule has 126 valence electrons. The Bertz CT molecular complexity index is 1070. The van der Waals surface area contributed by atoms with Crippen LogP contribution < -0.4 is 10.1 Å². The molecule has 25 heavy (non-hydrogen) atoms. The molecule has 1 heterocycles. The molecular weight excluding hydrogens is 338 g/mol. The summed E-state index contributed by atoms with van der Waals surface area (Å²) in [7, 11) is 0. The van der Waals surface area contributed by atoms with Gasteiger partial charge in [0.2, 0.25) is 4.74 Å². The van der Waals surface area contributed by atoms with Gasteiger partial charge in [0.15, 0.2) is 0 Å². The van der Waals surface area contributed by atoms with Gasteiger partial charge in [0, 0.05) is 4.70 Å². The normalized spacial score (nSPS) is 10.6. The fourth-order valence-electron chi connectivity index (χ4n) is 2.51. The van der Waals surface area contributed by atoms with E-state index in [9.17, 15) is 19.5 Å². The van der Waals surface area contributed by atoms with Gasteiger partial charge in [0.25, 0.3) is 5.91 Å². The van der Waals surface area contributed by atoms with Crippen molar-refractivity contribution >= 4 is 39.0 Å². The molecule has 5 nitrogen and oxygen atoms in total. The van der Waals surface area contributed by atoms with Gasteiger partial charge in [0.1, 0.15) is 0 Å². The minimum Gasteiger partial charge on any atom is -0.478 e. The number of aryl methyl sites for hydroxylation is 2. The second kappa shape index (κ2) is 6.49. The van der Waals surface area contributed by atoms with Gasteiger partial charge < -0.3 is 10.4 Å². The van der Waals surface area contributed by atoms with E-state index < -0.39 is 11.9 Å². The van der Waals surface area contributed by atoms with Gasteiger partial charge in [0.05, 0.1) is 16.8 Å². The number of benzene rings is 2. The van der Waals surface area contributed by atoms with Crippen molar-refractivity contribution < 1.29 is 14.7 Å². The number of carboxylic acid groups (broad SMARTS) is 1. The number of amides is 1. The molecule has 0 aliphatic rings. The van der Waals surface area contributed by atoms with Crippen LogP contribution in [-0.2, 0) is 0 Å². The zero-order chi connectivity index (χ0) is 18.1. The fraction of sp³-hybridized carbons (Fsp3) is 0.105. The highest BCUT2D eigenvalue weighted by molar-refractivity contribution is 7.16. The van der Waals surface area contributed by atoms with Gasteiger partial charge >= 0.3 is 5.97 Å². The lowest BCUT2D eigenvalue weighted by molar-refractivity contribution is 0.0698. The van der Waals surface area contributed by atoms with Crippen molar-refractivity contribution in [1.29, 1.82) is 0 Å². The van der Waals surface area contributed by atoms with Gasteiger partial charge in [-0.2, -0.15) is 0 Å². The van der Waals surface area contributed by atoms with Gasteiger partial charge in [-0.05, 0) is 54.6 Å². The van der Waals surface area contributed by atoms with E-state index >= 15 is 0 Å². The summed E-state index contributed by atoms with van der Waals surface area (Å²) in [6, 6.07) is 11.5. The van der Waals surface area contributed by atoms with Crippen molar-refractivity contribution in [3.63, 3.8) is 0 Å². The summed E-state index contributed by atoms with van der Waals surface area (Å²) < 4.78 is 0.455. The number of aromatic carboxylic acids is 1. The summed E-state index contributed by atoms with van der Waals surface area (Å²) in [4.78, 5) is 36.1. The average Bonchev–Trinajstić information content (AvgIpc) is 2.56. The predicted octanol–water partition coefficient (Wildman–Crippen LogP) is 3.83. The van der Waals surface area contributed by atoms with Crippen molar-refractivity contribution in [3.8, 4) is 0 Å². The third-order valence-corrected chi connectivity index (χ3v) is 4.98. The van der Waals surface area contributed by atoms with Gasteiger partial charge in [-0.3, -0.25) is 9.59 Å². The number of rotatable bonds is 3. The van der Waals surface area contributed by atoms with Crippen molar-refractivity contribution in [1.82, 2.24) is 0 Å². The number of carbonyl (C=O) groups is 2. The van der Waals surface area contributed by atoms with Crippen LogP contribution in [0.3, 0.4) is 0 Å². The smallest absolute Gasteiger partial charge is 0.337 e. The standard InChI is InChI=1S/C19H15NO4S/c1-10-7-12-9-14(19(24)25-16(12)8-11(10)2)17(21)20-15-6-4-3-5-13(15)18(22)23/h3-9H,1-2H3,(H,20,21)(H,22,23). The highest BCUT2D eigenvalue weighted by Gasteiger charge is 2.16. The quantitative estimate of drug-likeness (QED) is 0.749. The van der Waals surface area contributed by atoms with E-state index in [4.69, 9.17) is 0 Å². The highest BCUT2D eigenvalue weighted by atomic mass is 32.1. The van der Waals surface area contributed by atoms with Crippen LogP contribution in [-0.4, -0.2) is 17.0 Å². The maximum Gasteiger partial charge on any atom is 0.337 e. The lowest BCUT2D eigenvalue weighted by Crippen LogP contribution is -2.20. The second-order valence-electron chi connectivity index (χ2n) is 5.73. The van der Waals surface area contributed by atoms with E-state index in [1.54, 1.807) is 18.2 Å². The summed E-state index contributed by atoms with van der Waals surface area (Å²) in [6.45, 7) is 3.93. The Balaban J connectivity index is 2.03. The van der Waals surface area contributed by atoms with Crippen molar-refractivity contribution in [2.24, 2.45) is 0 Å². The SMILES string of the molecule is Cc1cc2cc(C(=O)Nc3ccccc3C(=O)O)c(=O)sc2cc1C. The summed E-state index contributed by atoms with van der Waals surface area (Å²) in [5.41, 5.74) is 2.28. The highest BCUT2D eigenvalue weighted by Crippen LogP contribution is 2.23. The molecule has 6 heteroatoms. The monoisotopic (exact) mass is 353 g/mol. The number of nitrogens with one attached hydrogen (secondary N) is 1. The maximum atomic E-state index is 12.5. The van der Waals surface area contributed by atoms with E-state index in [2.05, 4.69) is 5.32 Å². The van der Waals surface area contributed by atoms with Crippen LogP contribution in [0.2, 0.25) is 0 Å². The molecule has 2 aromatic carbocycles. The Morgan fingerprint density at radius 1 is 1.00 bits per heavy atom. The van der Waals surface area contributed by atoms with Gasteiger partial charge in [-0.1, -0.05) is 29.5 Å². The molecule has 1 aromatic heterocycles. The fourth-order valence-corrected chi connectivity index (χ4v) is 3.44. The van der Waals surface area contributed by atoms with Gasteiger partial charge in [-0.25, -0.2) is 4.79 Å². The molecule has 0 spiro atoms. The van der Waals surface area contributed by atoms with Gasteiger partial charge in [-0.15, -0.1) is 0 Å². The topological polar surface area (TPSA) is 83.5 Å². The molecule has 0 aliphatic carbocycles. The number of carboxylic acids is 1. The maximum absolute atomic E-state index is 12.5. The van der Waals surface area contributed by atoms with Crippen LogP contribution in [0.5, 0.6) is 0 Å². The van der Waals surface area contributed by atoms with Crippen molar-refractivity contribution in [3.05, 3.63) is 74.3 Å². The number of anilines is 1. The molecule has 0 saturated carbocycles. The first-order chi connectivity index (χ1) is 11.9. The first-order valence-electron chi connectivity index (χ1n) is 7.55. The van der Waals surface area contributed by atoms with E-state index in [0.29, 0.717) is 0 Å². The van der Waals surface area contributed by atoms with Crippen molar-refractivity contribution in [2.75, 3.05) is 5.32 Å². The molecule has 0 saturated heterocycles. The molecule has 0 bridgehead atoms. The largest absolute Gasteiger partial charge is 0.478 e. The lowest BCUT2D eigenvalue weighted by Gasteiger charge is -2.09. The summed E-state index contributed by atoms with van der Waals surface area (Å²) in [5, 5.41) is 12.5. The minimum atomic E-state index is -1.15. The van der Waals surface area contributed by atoms with Crippen LogP contribution in [0.25, 0.3) is 10.1 Å². The lowest BCUT2D eigenvalue weighted by atomic mass is 10.1. The summed E-state index contributed by atoms with van der Waals surface area (Å²) >= 11 is 1.01. The zero-order valence-electron chi connectivity index (χ0n) is 13.6. The average molecular weight is 353 g/mol. The third-order valence-electron chi connectivity index (χ3n) is 4.00. The van der Waals surface area contributed by atoms with E-state index in [1.807, 2.05) is 26.0 Å². The van der Waals surface area contributed by atoms with Crippen LogP contribution in [0, 0.1) is 13.8 Å². The number of para-hydroxylation sites is 1. The molecule has 3 aromatic rings. The number of fused-ring (bicyclic) bond motifs is 1. The number of hydrogen-bond acceptors (Lipinski definition) is 4. The Morgan fingerprint density at radius 2 is 1.68 bits per heavy atom. The molecular formula is C19H15NO4S. The number of hydrogen-bond donors (Lipinski definition) is 2. The van der Waals surface area contributed by atoms with Crippen LogP contribution in [0.1, 0.15) is 31.8 Å². The van der Waals surface area contributed by atoms with E-state index in [-0.39, 0.29) is 21.6 Å². The Morgan fingerprint density at radius 3 is 2.40 bits per heavy atom. The Kier molecular flexibility index (Phi) is 4.37. The second-order valence-corrected chi connectivity index (χ2v) is 6.74. The van der Waals surface area contributed by atoms with E-state index in [1.165, 1.54) is 12.1 Å². The zero-order valence-corrected chi connectivity index (χ0v) is 14.4. The van der Waals surface area contributed by atoms with E-state index in [0.717, 1.165) is 32.5 Å². The van der Waals surface area contributed by atoms with Crippen LogP contribution in [0.4, 0.5) is 5.69 Å². The molecule has 3 rings (SSSR count). The Hall–Kier alpha value is -2.99. The molecule has 0 radical (unpaired) electrons. The van der Waals surface area contributed by atoms with Crippen molar-refractivity contribution in [2.45, 2.75) is 13.8 Å². The third kappa shape index (κ3) is 3.29.